The van der Waals surface area contributed by atoms with Gasteiger partial charge in [0.2, 0.25) is 5.91 Å². The zero-order valence-electron chi connectivity index (χ0n) is 21.1. The zero-order chi connectivity index (χ0) is 25.5. The van der Waals surface area contributed by atoms with Gasteiger partial charge < -0.3 is 19.7 Å². The maximum absolute atomic E-state index is 12.7. The number of ether oxygens (including phenoxy) is 2. The van der Waals surface area contributed by atoms with Crippen molar-refractivity contribution < 1.29 is 14.3 Å². The van der Waals surface area contributed by atoms with Gasteiger partial charge in [0.1, 0.15) is 12.3 Å². The normalized spacial score (nSPS) is 20.1. The minimum absolute atomic E-state index is 0.0667. The monoisotopic (exact) mass is 502 g/mol. The molecule has 1 atom stereocenters. The van der Waals surface area contributed by atoms with Crippen molar-refractivity contribution in [1.29, 1.82) is 0 Å². The highest BCUT2D eigenvalue weighted by atomic mass is 35.5. The lowest BCUT2D eigenvalue weighted by Crippen LogP contribution is -2.68. The highest BCUT2D eigenvalue weighted by Gasteiger charge is 2.57. The Labute approximate surface area is 217 Å². The first-order chi connectivity index (χ1) is 17.2. The van der Waals surface area contributed by atoms with E-state index in [2.05, 4.69) is 61.3 Å². The molecule has 1 fully saturated rings. The van der Waals surface area contributed by atoms with Crippen molar-refractivity contribution in [2.45, 2.75) is 44.9 Å². The summed E-state index contributed by atoms with van der Waals surface area (Å²) < 4.78 is 11.6. The molecule has 0 saturated carbocycles. The fourth-order valence-electron chi connectivity index (χ4n) is 5.33. The van der Waals surface area contributed by atoms with Crippen LogP contribution in [0.15, 0.2) is 66.7 Å². The number of rotatable bonds is 6. The molecule has 2 aliphatic rings. The van der Waals surface area contributed by atoms with Crippen molar-refractivity contribution in [2.75, 3.05) is 18.6 Å². The molecule has 0 spiro atoms. The Balaban J connectivity index is 1.44. The summed E-state index contributed by atoms with van der Waals surface area (Å²) in [6.07, 6.45) is 4.67. The molecule has 0 aromatic heterocycles. The molecule has 0 radical (unpaired) electrons. The topological polar surface area (TPSA) is 50.8 Å². The number of fused-ring (bicyclic) bond motifs is 3. The van der Waals surface area contributed by atoms with Crippen molar-refractivity contribution in [1.82, 2.24) is 5.32 Å². The van der Waals surface area contributed by atoms with Crippen molar-refractivity contribution in [3.8, 4) is 11.5 Å². The number of hydrogen-bond donors (Lipinski definition) is 1. The van der Waals surface area contributed by atoms with E-state index in [0.29, 0.717) is 36.1 Å². The molecule has 0 bridgehead atoms. The van der Waals surface area contributed by atoms with Gasteiger partial charge in [-0.05, 0) is 60.0 Å². The van der Waals surface area contributed by atoms with E-state index in [1.165, 1.54) is 16.8 Å². The summed E-state index contributed by atoms with van der Waals surface area (Å²) >= 11 is 5.98. The molecule has 3 aromatic carbocycles. The molecule has 1 saturated heterocycles. The van der Waals surface area contributed by atoms with Gasteiger partial charge in [-0.3, -0.25) is 4.79 Å². The predicted octanol–water partition coefficient (Wildman–Crippen LogP) is 6.26. The maximum Gasteiger partial charge on any atom is 0.223 e. The van der Waals surface area contributed by atoms with E-state index in [1.807, 2.05) is 42.5 Å². The van der Waals surface area contributed by atoms with Crippen LogP contribution in [0.3, 0.4) is 0 Å². The number of nitrogens with one attached hydrogen (secondary N) is 1. The number of hydrogen-bond acceptors (Lipinski definition) is 4. The van der Waals surface area contributed by atoms with E-state index in [0.717, 1.165) is 11.1 Å². The highest BCUT2D eigenvalue weighted by molar-refractivity contribution is 6.30. The van der Waals surface area contributed by atoms with E-state index in [4.69, 9.17) is 21.1 Å². The van der Waals surface area contributed by atoms with Gasteiger partial charge in [0.15, 0.2) is 11.5 Å². The molecule has 36 heavy (non-hydrogen) atoms. The van der Waals surface area contributed by atoms with E-state index < -0.39 is 5.66 Å². The molecule has 0 aliphatic carbocycles. The Morgan fingerprint density at radius 3 is 2.58 bits per heavy atom. The largest absolute Gasteiger partial charge is 0.493 e. The Hall–Kier alpha value is -3.44. The minimum atomic E-state index is -0.657. The first kappa shape index (κ1) is 24.3. The number of halogens is 1. The number of amides is 1. The van der Waals surface area contributed by atoms with Gasteiger partial charge >= 0.3 is 0 Å². The van der Waals surface area contributed by atoms with Crippen LogP contribution in [0.1, 0.15) is 42.5 Å². The van der Waals surface area contributed by atoms with E-state index in [1.54, 1.807) is 7.11 Å². The molecule has 5 rings (SSSR count). The van der Waals surface area contributed by atoms with Crippen LogP contribution < -0.4 is 19.7 Å². The lowest BCUT2D eigenvalue weighted by Gasteiger charge is -2.49. The molecule has 1 amide bonds. The summed E-state index contributed by atoms with van der Waals surface area (Å²) in [7, 11) is 1.64. The molecule has 3 aromatic rings. The molecule has 2 aliphatic heterocycles. The second kappa shape index (κ2) is 9.21. The third-order valence-electron chi connectivity index (χ3n) is 7.40. The SMILES string of the molecule is COc1cc(/C=C/C23NC(=O)CCN2c2ccc(C)cc2C3(C)C)ccc1OCc1ccc(Cl)cc1. The molecule has 2 heterocycles. The summed E-state index contributed by atoms with van der Waals surface area (Å²) in [6, 6.07) is 20.0. The van der Waals surface area contributed by atoms with E-state index in [-0.39, 0.29) is 11.3 Å². The molecule has 5 nitrogen and oxygen atoms in total. The number of anilines is 1. The van der Waals surface area contributed by atoms with Crippen LogP contribution in [0.5, 0.6) is 11.5 Å². The summed E-state index contributed by atoms with van der Waals surface area (Å²) in [6.45, 7) is 7.61. The van der Waals surface area contributed by atoms with Gasteiger partial charge in [-0.15, -0.1) is 0 Å². The number of nitrogens with zero attached hydrogens (tertiary/aromatic N) is 1. The van der Waals surface area contributed by atoms with Gasteiger partial charge in [-0.2, -0.15) is 0 Å². The lowest BCUT2D eigenvalue weighted by atomic mass is 9.74. The average molecular weight is 503 g/mol. The summed E-state index contributed by atoms with van der Waals surface area (Å²) in [4.78, 5) is 15.0. The minimum Gasteiger partial charge on any atom is -0.493 e. The Morgan fingerprint density at radius 1 is 1.06 bits per heavy atom. The van der Waals surface area contributed by atoms with E-state index in [9.17, 15) is 4.79 Å². The average Bonchev–Trinajstić information content (AvgIpc) is 3.05. The summed E-state index contributed by atoms with van der Waals surface area (Å²) in [5.74, 6) is 1.38. The van der Waals surface area contributed by atoms with Crippen LogP contribution in [0.4, 0.5) is 5.69 Å². The Kier molecular flexibility index (Phi) is 6.21. The number of aryl methyl sites for hydroxylation is 1. The van der Waals surface area contributed by atoms with Crippen LogP contribution in [-0.2, 0) is 16.8 Å². The molecule has 6 heteroatoms. The molecular weight excluding hydrogens is 472 g/mol. The predicted molar refractivity (Wildman–Crippen MR) is 145 cm³/mol. The quantitative estimate of drug-likeness (QED) is 0.432. The Morgan fingerprint density at radius 2 is 1.83 bits per heavy atom. The smallest absolute Gasteiger partial charge is 0.223 e. The summed E-state index contributed by atoms with van der Waals surface area (Å²) in [5.41, 5.74) is 4.64. The van der Waals surface area contributed by atoms with Crippen molar-refractivity contribution >= 4 is 29.3 Å². The standard InChI is InChI=1S/C30H31ClN2O3/c1-20-5-11-25-24(17-20)29(2,3)30(32-28(34)14-16-33(25)30)15-13-21-8-12-26(27(18-21)35-4)36-19-22-6-9-23(31)10-7-22/h5-13,15,17-18H,14,16,19H2,1-4H3,(H,32,34)/b15-13+. The van der Waals surface area contributed by atoms with Crippen LogP contribution in [0.2, 0.25) is 5.02 Å². The van der Waals surface area contributed by atoms with Gasteiger partial charge in [-0.1, -0.05) is 67.4 Å². The van der Waals surface area contributed by atoms with Crippen LogP contribution in [0, 0.1) is 6.92 Å². The fourth-order valence-corrected chi connectivity index (χ4v) is 5.46. The number of methoxy groups -OCH3 is 1. The van der Waals surface area contributed by atoms with Crippen molar-refractivity contribution in [3.05, 3.63) is 94.0 Å². The molecule has 1 unspecified atom stereocenters. The molecular formula is C30H31ClN2O3. The van der Waals surface area contributed by atoms with Gasteiger partial charge in [0, 0.05) is 29.1 Å². The second-order valence-electron chi connectivity index (χ2n) is 10.0. The maximum atomic E-state index is 12.7. The highest BCUT2D eigenvalue weighted by Crippen LogP contribution is 2.52. The second-order valence-corrected chi connectivity index (χ2v) is 10.5. The lowest BCUT2D eigenvalue weighted by molar-refractivity contribution is -0.124. The number of benzene rings is 3. The molecule has 1 N–H and O–H groups in total. The van der Waals surface area contributed by atoms with Gasteiger partial charge in [0.05, 0.1) is 7.11 Å². The van der Waals surface area contributed by atoms with Crippen molar-refractivity contribution in [2.24, 2.45) is 0 Å². The van der Waals surface area contributed by atoms with Crippen molar-refractivity contribution in [3.63, 3.8) is 0 Å². The van der Waals surface area contributed by atoms with Gasteiger partial charge in [0.25, 0.3) is 0 Å². The van der Waals surface area contributed by atoms with Crippen LogP contribution >= 0.6 is 11.6 Å². The first-order valence-electron chi connectivity index (χ1n) is 12.2. The van der Waals surface area contributed by atoms with Gasteiger partial charge in [-0.25, -0.2) is 0 Å². The zero-order valence-corrected chi connectivity index (χ0v) is 21.9. The summed E-state index contributed by atoms with van der Waals surface area (Å²) in [5, 5.41) is 4.03. The molecule has 186 valence electrons. The fraction of sp³-hybridized carbons (Fsp3) is 0.300. The first-order valence-corrected chi connectivity index (χ1v) is 12.6. The van der Waals surface area contributed by atoms with Crippen LogP contribution in [0.25, 0.3) is 6.08 Å². The third-order valence-corrected chi connectivity index (χ3v) is 7.65. The van der Waals surface area contributed by atoms with E-state index >= 15 is 0 Å². The Bertz CT molecular complexity index is 1330. The third kappa shape index (κ3) is 4.11. The number of carbonyl (C=O) groups is 1. The van der Waals surface area contributed by atoms with Crippen LogP contribution in [-0.4, -0.2) is 25.2 Å². The number of carbonyl (C=O) groups excluding carboxylic acids is 1.